The van der Waals surface area contributed by atoms with E-state index in [0.29, 0.717) is 18.0 Å². The third-order valence-corrected chi connectivity index (χ3v) is 4.71. The molecule has 0 aliphatic carbocycles. The zero-order valence-corrected chi connectivity index (χ0v) is 15.9. The molecule has 0 saturated carbocycles. The minimum Gasteiger partial charge on any atom is -0.493 e. The molecule has 2 aromatic carbocycles. The number of amides is 1. The first kappa shape index (κ1) is 19.5. The van der Waals surface area contributed by atoms with Gasteiger partial charge in [-0.25, -0.2) is 0 Å². The smallest absolute Gasteiger partial charge is 0.260 e. The fourth-order valence-electron chi connectivity index (χ4n) is 2.17. The van der Waals surface area contributed by atoms with E-state index in [4.69, 9.17) is 21.1 Å². The van der Waals surface area contributed by atoms with Crippen LogP contribution >= 0.6 is 23.4 Å². The fraction of sp³-hybridized carbons (Fsp3) is 0.316. The standard InChI is InChI=1S/C19H22ClNO3S/c1-14(24-18-9-4-3-8-17(18)23-2)19(22)21-10-11-25-13-15-6-5-7-16(20)12-15/h3-9,12,14H,10-11,13H2,1-2H3,(H,21,22)/t14-/m1/s1. The first-order valence-corrected chi connectivity index (χ1v) is 9.53. The summed E-state index contributed by atoms with van der Waals surface area (Å²) in [5, 5.41) is 3.63. The molecule has 0 unspecified atom stereocenters. The van der Waals surface area contributed by atoms with Gasteiger partial charge in [-0.05, 0) is 36.8 Å². The van der Waals surface area contributed by atoms with Crippen LogP contribution in [0.3, 0.4) is 0 Å². The highest BCUT2D eigenvalue weighted by molar-refractivity contribution is 7.98. The topological polar surface area (TPSA) is 47.6 Å². The van der Waals surface area contributed by atoms with Crippen LogP contribution in [0.1, 0.15) is 12.5 Å². The molecule has 0 fully saturated rings. The van der Waals surface area contributed by atoms with Gasteiger partial charge >= 0.3 is 0 Å². The molecule has 134 valence electrons. The number of hydrogen-bond donors (Lipinski definition) is 1. The first-order valence-electron chi connectivity index (χ1n) is 7.99. The number of carbonyl (C=O) groups is 1. The Bertz CT molecular complexity index is 696. The van der Waals surface area contributed by atoms with Crippen molar-refractivity contribution in [3.63, 3.8) is 0 Å². The van der Waals surface area contributed by atoms with E-state index in [0.717, 1.165) is 16.5 Å². The normalized spacial score (nSPS) is 11.6. The average molecular weight is 380 g/mol. The van der Waals surface area contributed by atoms with Gasteiger partial charge in [-0.1, -0.05) is 35.9 Å². The number of carbonyl (C=O) groups excluding carboxylic acids is 1. The Balaban J connectivity index is 1.69. The van der Waals surface area contributed by atoms with Gasteiger partial charge in [0.15, 0.2) is 17.6 Å². The summed E-state index contributed by atoms with van der Waals surface area (Å²) in [6.45, 7) is 2.31. The molecule has 1 amide bonds. The van der Waals surface area contributed by atoms with Crippen molar-refractivity contribution >= 4 is 29.3 Å². The summed E-state index contributed by atoms with van der Waals surface area (Å²) in [5.74, 6) is 2.71. The number of nitrogens with one attached hydrogen (secondary N) is 1. The number of hydrogen-bond acceptors (Lipinski definition) is 4. The molecular formula is C19H22ClNO3S. The van der Waals surface area contributed by atoms with Gasteiger partial charge in [0, 0.05) is 23.1 Å². The van der Waals surface area contributed by atoms with Crippen molar-refractivity contribution in [2.45, 2.75) is 18.8 Å². The van der Waals surface area contributed by atoms with Crippen LogP contribution in [0.25, 0.3) is 0 Å². The van der Waals surface area contributed by atoms with Crippen LogP contribution < -0.4 is 14.8 Å². The molecule has 0 aromatic heterocycles. The average Bonchev–Trinajstić information content (AvgIpc) is 2.61. The number of benzene rings is 2. The minimum absolute atomic E-state index is 0.144. The van der Waals surface area contributed by atoms with E-state index in [1.54, 1.807) is 37.9 Å². The van der Waals surface area contributed by atoms with Gasteiger partial charge in [-0.3, -0.25) is 4.79 Å². The lowest BCUT2D eigenvalue weighted by atomic mass is 10.2. The second-order valence-corrected chi connectivity index (χ2v) is 6.93. The molecule has 0 radical (unpaired) electrons. The molecule has 1 N–H and O–H groups in total. The number of thioether (sulfide) groups is 1. The van der Waals surface area contributed by atoms with E-state index >= 15 is 0 Å². The molecule has 1 atom stereocenters. The second kappa shape index (κ2) is 10.2. The summed E-state index contributed by atoms with van der Waals surface area (Å²) in [6, 6.07) is 15.1. The molecule has 25 heavy (non-hydrogen) atoms. The fourth-order valence-corrected chi connectivity index (χ4v) is 3.19. The Kier molecular flexibility index (Phi) is 7.95. The molecular weight excluding hydrogens is 358 g/mol. The monoisotopic (exact) mass is 379 g/mol. The molecule has 0 aliphatic rings. The Morgan fingerprint density at radius 2 is 1.96 bits per heavy atom. The molecule has 0 bridgehead atoms. The SMILES string of the molecule is COc1ccccc1O[C@H](C)C(=O)NCCSCc1cccc(Cl)c1. The predicted molar refractivity (Wildman–Crippen MR) is 104 cm³/mol. The van der Waals surface area contributed by atoms with Crippen molar-refractivity contribution in [3.05, 3.63) is 59.1 Å². The van der Waals surface area contributed by atoms with Crippen LogP contribution in [0.4, 0.5) is 0 Å². The Morgan fingerprint density at radius 3 is 2.68 bits per heavy atom. The van der Waals surface area contributed by atoms with Crippen LogP contribution in [0.15, 0.2) is 48.5 Å². The van der Waals surface area contributed by atoms with Gasteiger partial charge in [0.1, 0.15) is 0 Å². The number of rotatable bonds is 9. The van der Waals surface area contributed by atoms with Gasteiger partial charge in [0.25, 0.3) is 5.91 Å². The van der Waals surface area contributed by atoms with Crippen molar-refractivity contribution in [2.75, 3.05) is 19.4 Å². The highest BCUT2D eigenvalue weighted by atomic mass is 35.5. The molecule has 0 heterocycles. The van der Waals surface area contributed by atoms with Crippen LogP contribution in [0.2, 0.25) is 5.02 Å². The number of para-hydroxylation sites is 2. The third kappa shape index (κ3) is 6.52. The van der Waals surface area contributed by atoms with Crippen molar-refractivity contribution < 1.29 is 14.3 Å². The molecule has 2 rings (SSSR count). The maximum atomic E-state index is 12.1. The zero-order valence-electron chi connectivity index (χ0n) is 14.3. The lowest BCUT2D eigenvalue weighted by Crippen LogP contribution is -2.37. The van der Waals surface area contributed by atoms with Crippen LogP contribution in [0.5, 0.6) is 11.5 Å². The Morgan fingerprint density at radius 1 is 1.20 bits per heavy atom. The molecule has 0 aliphatic heterocycles. The summed E-state index contributed by atoms with van der Waals surface area (Å²) in [5.41, 5.74) is 1.18. The lowest BCUT2D eigenvalue weighted by molar-refractivity contribution is -0.127. The van der Waals surface area contributed by atoms with E-state index < -0.39 is 6.10 Å². The van der Waals surface area contributed by atoms with Crippen LogP contribution in [-0.4, -0.2) is 31.4 Å². The molecule has 2 aromatic rings. The Hall–Kier alpha value is -1.85. The molecule has 0 saturated heterocycles. The highest BCUT2D eigenvalue weighted by Gasteiger charge is 2.15. The van der Waals surface area contributed by atoms with E-state index in [1.165, 1.54) is 5.56 Å². The van der Waals surface area contributed by atoms with Crippen molar-refractivity contribution in [1.82, 2.24) is 5.32 Å². The summed E-state index contributed by atoms with van der Waals surface area (Å²) in [4.78, 5) is 12.1. The minimum atomic E-state index is -0.589. The van der Waals surface area contributed by atoms with Gasteiger partial charge in [-0.2, -0.15) is 11.8 Å². The predicted octanol–water partition coefficient (Wildman–Crippen LogP) is 4.17. The van der Waals surface area contributed by atoms with Crippen molar-refractivity contribution in [1.29, 1.82) is 0 Å². The first-order chi connectivity index (χ1) is 12.1. The van der Waals surface area contributed by atoms with E-state index in [-0.39, 0.29) is 5.91 Å². The summed E-state index contributed by atoms with van der Waals surface area (Å²) in [7, 11) is 1.57. The van der Waals surface area contributed by atoms with Crippen molar-refractivity contribution in [3.8, 4) is 11.5 Å². The number of methoxy groups -OCH3 is 1. The summed E-state index contributed by atoms with van der Waals surface area (Å²) < 4.78 is 10.9. The molecule has 6 heteroatoms. The highest BCUT2D eigenvalue weighted by Crippen LogP contribution is 2.26. The van der Waals surface area contributed by atoms with Gasteiger partial charge in [0.2, 0.25) is 0 Å². The maximum absolute atomic E-state index is 12.1. The maximum Gasteiger partial charge on any atom is 0.260 e. The quantitative estimate of drug-likeness (QED) is 0.664. The summed E-state index contributed by atoms with van der Waals surface area (Å²) in [6.07, 6.45) is -0.589. The van der Waals surface area contributed by atoms with Gasteiger partial charge in [0.05, 0.1) is 7.11 Å². The summed E-state index contributed by atoms with van der Waals surface area (Å²) >= 11 is 7.70. The third-order valence-electron chi connectivity index (χ3n) is 3.45. The molecule has 4 nitrogen and oxygen atoms in total. The zero-order chi connectivity index (χ0) is 18.1. The molecule has 0 spiro atoms. The lowest BCUT2D eigenvalue weighted by Gasteiger charge is -2.16. The van der Waals surface area contributed by atoms with E-state index in [2.05, 4.69) is 5.32 Å². The van der Waals surface area contributed by atoms with E-state index in [9.17, 15) is 4.79 Å². The van der Waals surface area contributed by atoms with Crippen LogP contribution in [0, 0.1) is 0 Å². The van der Waals surface area contributed by atoms with Gasteiger partial charge in [-0.15, -0.1) is 0 Å². The largest absolute Gasteiger partial charge is 0.493 e. The van der Waals surface area contributed by atoms with Crippen LogP contribution in [-0.2, 0) is 10.5 Å². The van der Waals surface area contributed by atoms with Crippen molar-refractivity contribution in [2.24, 2.45) is 0 Å². The van der Waals surface area contributed by atoms with E-state index in [1.807, 2.05) is 36.4 Å². The Labute approximate surface area is 157 Å². The van der Waals surface area contributed by atoms with Gasteiger partial charge < -0.3 is 14.8 Å². The number of ether oxygens (including phenoxy) is 2. The number of halogens is 1. The second-order valence-electron chi connectivity index (χ2n) is 5.38.